The van der Waals surface area contributed by atoms with Gasteiger partial charge in [-0.1, -0.05) is 0 Å². The van der Waals surface area contributed by atoms with Crippen LogP contribution in [-0.2, 0) is 19.6 Å². The Hall–Kier alpha value is -1.92. The fourth-order valence-corrected chi connectivity index (χ4v) is 5.71. The maximum Gasteiger partial charge on any atom is 0.511 e. The summed E-state index contributed by atoms with van der Waals surface area (Å²) in [7, 11) is -5.46. The Morgan fingerprint density at radius 2 is 1.94 bits per heavy atom. The van der Waals surface area contributed by atoms with E-state index in [-0.39, 0.29) is 37.7 Å². The van der Waals surface area contributed by atoms with Crippen LogP contribution in [0.25, 0.3) is 0 Å². The molecule has 0 aromatic carbocycles. The van der Waals surface area contributed by atoms with Crippen molar-refractivity contribution in [1.29, 1.82) is 0 Å². The van der Waals surface area contributed by atoms with Crippen molar-refractivity contribution in [3.8, 4) is 5.88 Å². The number of sulfonamides is 1. The highest BCUT2D eigenvalue weighted by atomic mass is 32.2. The molecule has 2 fully saturated rings. The third kappa shape index (κ3) is 5.12. The molecule has 33 heavy (non-hydrogen) atoms. The zero-order valence-electron chi connectivity index (χ0n) is 18.3. The molecule has 1 aliphatic carbocycles. The standard InChI is InChI=1S/C21H28F3N3O5S/c1-13-6-8-25-20-19(13)14-2-4-16(5-3-14)31-11-17-15(7-9-27(17)18(28)12-32-20)10-26-33(29,30)21(22,23)24/h6,8,14-17,26H,2-5,7,9-12H2,1H3/t14?,15-,16?,17+/m1/s1. The van der Waals surface area contributed by atoms with E-state index in [1.54, 1.807) is 10.9 Å². The van der Waals surface area contributed by atoms with E-state index in [1.165, 1.54) is 4.90 Å². The van der Waals surface area contributed by atoms with E-state index in [0.717, 1.165) is 36.8 Å². The summed E-state index contributed by atoms with van der Waals surface area (Å²) in [5.74, 6) is -0.128. The van der Waals surface area contributed by atoms with Gasteiger partial charge in [0, 0.05) is 24.8 Å². The molecule has 1 saturated carbocycles. The molecule has 184 valence electrons. The molecule has 4 aliphatic rings. The van der Waals surface area contributed by atoms with E-state index in [0.29, 0.717) is 12.3 Å². The van der Waals surface area contributed by atoms with Crippen molar-refractivity contribution in [2.24, 2.45) is 5.92 Å². The summed E-state index contributed by atoms with van der Waals surface area (Å²) in [6.07, 6.45) is 5.37. The number of fused-ring (bicyclic) bond motifs is 5. The average molecular weight is 492 g/mol. The lowest BCUT2D eigenvalue weighted by molar-refractivity contribution is -0.136. The minimum Gasteiger partial charge on any atom is -0.467 e. The van der Waals surface area contributed by atoms with Gasteiger partial charge in [-0.2, -0.15) is 13.2 Å². The first-order valence-electron chi connectivity index (χ1n) is 11.1. The monoisotopic (exact) mass is 491 g/mol. The van der Waals surface area contributed by atoms with Crippen LogP contribution in [0.4, 0.5) is 13.2 Å². The number of carbonyl (C=O) groups is 1. The Balaban J connectivity index is 1.54. The molecular weight excluding hydrogens is 463 g/mol. The number of nitrogens with zero attached hydrogens (tertiary/aromatic N) is 2. The van der Waals surface area contributed by atoms with E-state index < -0.39 is 34.0 Å². The van der Waals surface area contributed by atoms with E-state index in [4.69, 9.17) is 9.47 Å². The molecule has 4 heterocycles. The molecule has 8 nitrogen and oxygen atoms in total. The number of aromatic nitrogens is 1. The van der Waals surface area contributed by atoms with Gasteiger partial charge in [0.2, 0.25) is 5.88 Å². The minimum atomic E-state index is -5.46. The van der Waals surface area contributed by atoms with Crippen LogP contribution in [0.2, 0.25) is 0 Å². The molecule has 2 atom stereocenters. The smallest absolute Gasteiger partial charge is 0.467 e. The van der Waals surface area contributed by atoms with Crippen LogP contribution in [0.1, 0.15) is 49.1 Å². The van der Waals surface area contributed by atoms with Gasteiger partial charge in [-0.05, 0) is 62.5 Å². The lowest BCUT2D eigenvalue weighted by Gasteiger charge is -2.32. The third-order valence-corrected chi connectivity index (χ3v) is 8.09. The predicted octanol–water partition coefficient (Wildman–Crippen LogP) is 2.48. The minimum absolute atomic E-state index is 0.0200. The number of amides is 1. The van der Waals surface area contributed by atoms with Gasteiger partial charge < -0.3 is 14.4 Å². The van der Waals surface area contributed by atoms with Crippen molar-refractivity contribution in [3.05, 3.63) is 23.4 Å². The lowest BCUT2D eigenvalue weighted by Crippen LogP contribution is -2.47. The summed E-state index contributed by atoms with van der Waals surface area (Å²) in [6, 6.07) is 1.38. The van der Waals surface area contributed by atoms with E-state index >= 15 is 0 Å². The largest absolute Gasteiger partial charge is 0.511 e. The summed E-state index contributed by atoms with van der Waals surface area (Å²) in [5, 5.41) is 0. The summed E-state index contributed by atoms with van der Waals surface area (Å²) in [6.45, 7) is 1.75. The molecule has 0 unspecified atom stereocenters. The Labute approximate surface area is 190 Å². The first kappa shape index (κ1) is 24.2. The third-order valence-electron chi connectivity index (χ3n) is 6.93. The molecule has 1 saturated heterocycles. The molecule has 1 aromatic heterocycles. The number of carbonyl (C=O) groups excluding carboxylic acids is 1. The zero-order valence-corrected chi connectivity index (χ0v) is 19.1. The van der Waals surface area contributed by atoms with Crippen LogP contribution in [0.15, 0.2) is 12.3 Å². The van der Waals surface area contributed by atoms with E-state index in [2.05, 4.69) is 4.98 Å². The van der Waals surface area contributed by atoms with Crippen molar-refractivity contribution in [3.63, 3.8) is 0 Å². The van der Waals surface area contributed by atoms with Crippen molar-refractivity contribution in [2.45, 2.75) is 62.6 Å². The fourth-order valence-electron chi connectivity index (χ4n) is 5.11. The molecule has 5 rings (SSSR count). The highest BCUT2D eigenvalue weighted by Crippen LogP contribution is 2.40. The quantitative estimate of drug-likeness (QED) is 0.698. The number of rotatable bonds is 3. The van der Waals surface area contributed by atoms with Gasteiger partial charge in [0.25, 0.3) is 5.91 Å². The number of hydrogen-bond acceptors (Lipinski definition) is 6. The molecule has 0 spiro atoms. The summed E-state index contributed by atoms with van der Waals surface area (Å²) in [5.41, 5.74) is -3.31. The van der Waals surface area contributed by atoms with Crippen molar-refractivity contribution >= 4 is 15.9 Å². The second kappa shape index (κ2) is 9.38. The number of pyridine rings is 1. The second-order valence-corrected chi connectivity index (χ2v) is 10.7. The lowest BCUT2D eigenvalue weighted by atomic mass is 9.81. The first-order chi connectivity index (χ1) is 15.6. The predicted molar refractivity (Wildman–Crippen MR) is 112 cm³/mol. The molecule has 0 radical (unpaired) electrons. The highest BCUT2D eigenvalue weighted by molar-refractivity contribution is 7.90. The normalized spacial score (nSPS) is 28.8. The number of ether oxygens (including phenoxy) is 2. The summed E-state index contributed by atoms with van der Waals surface area (Å²) >= 11 is 0. The number of nitrogens with one attached hydrogen (secondary N) is 1. The fraction of sp³-hybridized carbons (Fsp3) is 0.714. The number of hydrogen-bond donors (Lipinski definition) is 1. The van der Waals surface area contributed by atoms with Crippen LogP contribution >= 0.6 is 0 Å². The SMILES string of the molecule is Cc1ccnc2c1C1CCC(CC1)OC[C@H]1[C@@H](CNS(=O)(=O)C(F)(F)F)CCN1C(=O)CO2. The first-order valence-corrected chi connectivity index (χ1v) is 12.6. The van der Waals surface area contributed by atoms with Gasteiger partial charge in [-0.25, -0.2) is 18.1 Å². The Morgan fingerprint density at radius 3 is 2.64 bits per heavy atom. The van der Waals surface area contributed by atoms with Gasteiger partial charge in [0.15, 0.2) is 6.61 Å². The van der Waals surface area contributed by atoms with Crippen LogP contribution in [-0.4, -0.2) is 68.2 Å². The number of halogens is 3. The van der Waals surface area contributed by atoms with E-state index in [9.17, 15) is 26.4 Å². The van der Waals surface area contributed by atoms with E-state index in [1.807, 2.05) is 13.0 Å². The molecule has 1 aromatic rings. The summed E-state index contributed by atoms with van der Waals surface area (Å²) in [4.78, 5) is 18.9. The van der Waals surface area contributed by atoms with Gasteiger partial charge >= 0.3 is 15.5 Å². The summed E-state index contributed by atoms with van der Waals surface area (Å²) < 4.78 is 74.7. The highest BCUT2D eigenvalue weighted by Gasteiger charge is 2.47. The number of aryl methyl sites for hydroxylation is 1. The van der Waals surface area contributed by atoms with Crippen molar-refractivity contribution in [1.82, 2.24) is 14.6 Å². The Morgan fingerprint density at radius 1 is 1.21 bits per heavy atom. The second-order valence-electron chi connectivity index (χ2n) is 8.94. The van der Waals surface area contributed by atoms with Gasteiger partial charge in [-0.3, -0.25) is 4.79 Å². The maximum atomic E-state index is 13.0. The van der Waals surface area contributed by atoms with Crippen LogP contribution in [0, 0.1) is 12.8 Å². The van der Waals surface area contributed by atoms with Crippen LogP contribution in [0.5, 0.6) is 5.88 Å². The maximum absolute atomic E-state index is 13.0. The molecule has 12 heteroatoms. The molecule has 2 bridgehead atoms. The van der Waals surface area contributed by atoms with Crippen LogP contribution < -0.4 is 9.46 Å². The van der Waals surface area contributed by atoms with Crippen molar-refractivity contribution < 1.29 is 35.9 Å². The topological polar surface area (TPSA) is 97.8 Å². The van der Waals surface area contributed by atoms with Gasteiger partial charge in [0.1, 0.15) is 0 Å². The Bertz CT molecular complexity index is 980. The van der Waals surface area contributed by atoms with Gasteiger partial charge in [0.05, 0.1) is 18.8 Å². The number of alkyl halides is 3. The zero-order chi connectivity index (χ0) is 23.8. The van der Waals surface area contributed by atoms with Crippen LogP contribution in [0.3, 0.4) is 0 Å². The molecular formula is C21H28F3N3O5S. The average Bonchev–Trinajstić information content (AvgIpc) is 3.17. The molecule has 1 amide bonds. The van der Waals surface area contributed by atoms with Gasteiger partial charge in [-0.15, -0.1) is 0 Å². The molecule has 3 aliphatic heterocycles. The van der Waals surface area contributed by atoms with Crippen molar-refractivity contribution in [2.75, 3.05) is 26.3 Å². The molecule has 1 N–H and O–H groups in total. The Kier molecular flexibility index (Phi) is 6.88.